The van der Waals surface area contributed by atoms with Crippen LogP contribution in [0.3, 0.4) is 0 Å². The number of nitrogens with zero attached hydrogens (tertiary/aromatic N) is 2. The molecule has 1 N–H and O–H groups in total. The maximum Gasteiger partial charge on any atom is 0.340 e. The lowest BCUT2D eigenvalue weighted by Gasteiger charge is -2.16. The minimum absolute atomic E-state index is 0.00767. The van der Waals surface area contributed by atoms with Gasteiger partial charge in [0.15, 0.2) is 0 Å². The Kier molecular flexibility index (Phi) is 4.29. The molecule has 0 saturated carbocycles. The second-order valence-corrected chi connectivity index (χ2v) is 4.93. The van der Waals surface area contributed by atoms with E-state index < -0.39 is 5.97 Å². The Hall–Kier alpha value is -2.01. The van der Waals surface area contributed by atoms with E-state index in [9.17, 15) is 4.79 Å². The van der Waals surface area contributed by atoms with Crippen LogP contribution < -0.4 is 5.32 Å². The van der Waals surface area contributed by atoms with Gasteiger partial charge in [-0.3, -0.25) is 4.68 Å². The van der Waals surface area contributed by atoms with Gasteiger partial charge < -0.3 is 10.1 Å². The van der Waals surface area contributed by atoms with Gasteiger partial charge in [-0.25, -0.2) is 4.79 Å². The van der Waals surface area contributed by atoms with Crippen LogP contribution in [0.1, 0.15) is 28.9 Å². The van der Waals surface area contributed by atoms with Crippen LogP contribution >= 0.6 is 11.6 Å². The van der Waals surface area contributed by atoms with E-state index in [0.717, 1.165) is 5.56 Å². The predicted molar refractivity (Wildman–Crippen MR) is 78.0 cm³/mol. The maximum absolute atomic E-state index is 11.8. The lowest BCUT2D eigenvalue weighted by atomic mass is 10.1. The highest BCUT2D eigenvalue weighted by Crippen LogP contribution is 2.25. The number of carbonyl (C=O) groups excluding carboxylic acids is 1. The van der Waals surface area contributed by atoms with Crippen molar-refractivity contribution < 1.29 is 9.53 Å². The number of hydrogen-bond acceptors (Lipinski definition) is 4. The summed E-state index contributed by atoms with van der Waals surface area (Å²) in [4.78, 5) is 11.8. The van der Waals surface area contributed by atoms with E-state index in [0.29, 0.717) is 16.3 Å². The summed E-state index contributed by atoms with van der Waals surface area (Å²) in [5.41, 5.74) is 2.12. The third kappa shape index (κ3) is 3.11. The zero-order chi connectivity index (χ0) is 14.7. The quantitative estimate of drug-likeness (QED) is 0.880. The van der Waals surface area contributed by atoms with Gasteiger partial charge >= 0.3 is 5.97 Å². The summed E-state index contributed by atoms with van der Waals surface area (Å²) in [6.45, 7) is 1.99. The fraction of sp³-hybridized carbons (Fsp3) is 0.286. The number of hydrogen-bond donors (Lipinski definition) is 1. The minimum Gasteiger partial charge on any atom is -0.465 e. The van der Waals surface area contributed by atoms with Crippen molar-refractivity contribution >= 4 is 23.3 Å². The van der Waals surface area contributed by atoms with Gasteiger partial charge in [-0.05, 0) is 25.1 Å². The first-order chi connectivity index (χ1) is 9.51. The summed E-state index contributed by atoms with van der Waals surface area (Å²) in [6, 6.07) is 5.09. The van der Waals surface area contributed by atoms with Crippen molar-refractivity contribution in [2.45, 2.75) is 13.0 Å². The number of benzene rings is 1. The first-order valence-electron chi connectivity index (χ1n) is 6.14. The van der Waals surface area contributed by atoms with Gasteiger partial charge in [0.25, 0.3) is 0 Å². The van der Waals surface area contributed by atoms with Crippen LogP contribution in [0.4, 0.5) is 5.69 Å². The molecule has 5 nitrogen and oxygen atoms in total. The predicted octanol–water partition coefficient (Wildman–Crippen LogP) is 3.03. The van der Waals surface area contributed by atoms with E-state index in [1.54, 1.807) is 29.1 Å². The monoisotopic (exact) mass is 293 g/mol. The van der Waals surface area contributed by atoms with Crippen molar-refractivity contribution in [2.24, 2.45) is 7.05 Å². The normalized spacial score (nSPS) is 12.0. The Balaban J connectivity index is 2.26. The van der Waals surface area contributed by atoms with Gasteiger partial charge in [-0.2, -0.15) is 5.10 Å². The molecule has 0 spiro atoms. The molecular formula is C14H16ClN3O2. The molecule has 2 aromatic rings. The minimum atomic E-state index is -0.423. The van der Waals surface area contributed by atoms with Crippen molar-refractivity contribution in [3.63, 3.8) is 0 Å². The van der Waals surface area contributed by atoms with E-state index in [-0.39, 0.29) is 6.04 Å². The maximum atomic E-state index is 11.8. The summed E-state index contributed by atoms with van der Waals surface area (Å²) in [5, 5.41) is 7.89. The molecule has 1 unspecified atom stereocenters. The fourth-order valence-corrected chi connectivity index (χ4v) is 2.07. The highest BCUT2D eigenvalue weighted by Gasteiger charge is 2.15. The molecule has 0 bridgehead atoms. The smallest absolute Gasteiger partial charge is 0.340 e. The summed E-state index contributed by atoms with van der Waals surface area (Å²) >= 11 is 5.93. The number of aromatic nitrogens is 2. The van der Waals surface area contributed by atoms with Gasteiger partial charge in [0.2, 0.25) is 0 Å². The van der Waals surface area contributed by atoms with Gasteiger partial charge in [0.1, 0.15) is 0 Å². The third-order valence-corrected chi connectivity index (χ3v) is 3.22. The van der Waals surface area contributed by atoms with Gasteiger partial charge in [-0.15, -0.1) is 0 Å². The number of methoxy groups -OCH3 is 1. The van der Waals surface area contributed by atoms with Crippen LogP contribution in [0.2, 0.25) is 5.02 Å². The molecule has 0 saturated heterocycles. The van der Waals surface area contributed by atoms with E-state index in [1.807, 2.05) is 20.2 Å². The van der Waals surface area contributed by atoms with Crippen molar-refractivity contribution in [3.05, 3.63) is 46.7 Å². The molecular weight excluding hydrogens is 278 g/mol. The number of anilines is 1. The molecule has 0 aliphatic rings. The largest absolute Gasteiger partial charge is 0.465 e. The zero-order valence-electron chi connectivity index (χ0n) is 11.6. The Morgan fingerprint density at radius 1 is 1.50 bits per heavy atom. The third-order valence-electron chi connectivity index (χ3n) is 2.98. The van der Waals surface area contributed by atoms with Crippen molar-refractivity contribution in [3.8, 4) is 0 Å². The molecule has 0 fully saturated rings. The zero-order valence-corrected chi connectivity index (χ0v) is 12.3. The second kappa shape index (κ2) is 5.96. The van der Waals surface area contributed by atoms with Crippen molar-refractivity contribution in [1.82, 2.24) is 9.78 Å². The molecule has 20 heavy (non-hydrogen) atoms. The average molecular weight is 294 g/mol. The number of ether oxygens (including phenoxy) is 1. The number of aryl methyl sites for hydroxylation is 1. The molecule has 1 heterocycles. The number of nitrogens with one attached hydrogen (secondary N) is 1. The molecule has 2 rings (SSSR count). The van der Waals surface area contributed by atoms with Crippen molar-refractivity contribution in [2.75, 3.05) is 12.4 Å². The van der Waals surface area contributed by atoms with Crippen LogP contribution in [0.5, 0.6) is 0 Å². The number of esters is 1. The van der Waals surface area contributed by atoms with Crippen LogP contribution in [-0.4, -0.2) is 22.9 Å². The molecule has 1 aromatic heterocycles. The van der Waals surface area contributed by atoms with E-state index in [4.69, 9.17) is 16.3 Å². The second-order valence-electron chi connectivity index (χ2n) is 4.49. The highest BCUT2D eigenvalue weighted by atomic mass is 35.5. The Labute approximate surface area is 122 Å². The van der Waals surface area contributed by atoms with Crippen LogP contribution in [0.15, 0.2) is 30.6 Å². The lowest BCUT2D eigenvalue weighted by molar-refractivity contribution is 0.0602. The summed E-state index contributed by atoms with van der Waals surface area (Å²) in [7, 11) is 3.20. The molecule has 0 aliphatic heterocycles. The van der Waals surface area contributed by atoms with Crippen LogP contribution in [-0.2, 0) is 11.8 Å². The SMILES string of the molecule is COC(=O)c1cc(Cl)ccc1NC(C)c1cnn(C)c1. The summed E-state index contributed by atoms with van der Waals surface area (Å²) < 4.78 is 6.50. The molecule has 6 heteroatoms. The van der Waals surface area contributed by atoms with Gasteiger partial charge in [0.05, 0.1) is 24.9 Å². The Morgan fingerprint density at radius 3 is 2.85 bits per heavy atom. The molecule has 0 radical (unpaired) electrons. The Morgan fingerprint density at radius 2 is 2.25 bits per heavy atom. The van der Waals surface area contributed by atoms with Gasteiger partial charge in [-0.1, -0.05) is 11.6 Å². The van der Waals surface area contributed by atoms with E-state index in [1.165, 1.54) is 7.11 Å². The number of carbonyl (C=O) groups is 1. The first-order valence-corrected chi connectivity index (χ1v) is 6.52. The topological polar surface area (TPSA) is 56.1 Å². The number of rotatable bonds is 4. The van der Waals surface area contributed by atoms with E-state index in [2.05, 4.69) is 10.4 Å². The van der Waals surface area contributed by atoms with Gasteiger partial charge in [0, 0.05) is 29.5 Å². The van der Waals surface area contributed by atoms with Crippen molar-refractivity contribution in [1.29, 1.82) is 0 Å². The summed E-state index contributed by atoms with van der Waals surface area (Å²) in [5.74, 6) is -0.423. The highest BCUT2D eigenvalue weighted by molar-refractivity contribution is 6.31. The molecule has 0 aliphatic carbocycles. The standard InChI is InChI=1S/C14H16ClN3O2/c1-9(10-7-16-18(2)8-10)17-13-5-4-11(15)6-12(13)14(19)20-3/h4-9,17H,1-3H3. The van der Waals surface area contributed by atoms with Crippen LogP contribution in [0, 0.1) is 0 Å². The fourth-order valence-electron chi connectivity index (χ4n) is 1.90. The summed E-state index contributed by atoms with van der Waals surface area (Å²) in [6.07, 6.45) is 3.71. The number of halogens is 1. The lowest BCUT2D eigenvalue weighted by Crippen LogP contribution is -2.11. The molecule has 0 amide bonds. The Bertz CT molecular complexity index is 625. The first kappa shape index (κ1) is 14.4. The average Bonchev–Trinajstić information content (AvgIpc) is 2.86. The van der Waals surface area contributed by atoms with E-state index >= 15 is 0 Å². The molecule has 1 atom stereocenters. The molecule has 1 aromatic carbocycles. The molecule has 106 valence electrons. The van der Waals surface area contributed by atoms with Crippen LogP contribution in [0.25, 0.3) is 0 Å².